The molecule has 0 atom stereocenters. The van der Waals surface area contributed by atoms with Gasteiger partial charge in [-0.05, 0) is 19.1 Å². The Hall–Kier alpha value is -2.10. The second-order valence-electron chi connectivity index (χ2n) is 3.19. The van der Waals surface area contributed by atoms with E-state index in [1.807, 2.05) is 0 Å². The van der Waals surface area contributed by atoms with Crippen molar-refractivity contribution in [1.29, 1.82) is 0 Å². The second kappa shape index (κ2) is 3.24. The van der Waals surface area contributed by atoms with Crippen LogP contribution in [0, 0.1) is 6.92 Å². The van der Waals surface area contributed by atoms with Crippen molar-refractivity contribution in [2.45, 2.75) is 6.92 Å². The van der Waals surface area contributed by atoms with Gasteiger partial charge in [-0.2, -0.15) is 0 Å². The summed E-state index contributed by atoms with van der Waals surface area (Å²) in [5.41, 5.74) is 0.126. The molecule has 0 saturated heterocycles. The Bertz CT molecular complexity index is 595. The van der Waals surface area contributed by atoms with E-state index < -0.39 is 5.97 Å². The molecule has 0 spiro atoms. The maximum absolute atomic E-state index is 11.7. The molecule has 0 radical (unpaired) electrons. The minimum absolute atomic E-state index is 0.126. The van der Waals surface area contributed by atoms with Crippen molar-refractivity contribution in [3.05, 3.63) is 45.8 Å². The monoisotopic (exact) mass is 204 g/mol. The molecule has 0 aliphatic rings. The normalized spacial score (nSPS) is 10.5. The summed E-state index contributed by atoms with van der Waals surface area (Å²) in [6, 6.07) is 6.58. The van der Waals surface area contributed by atoms with Crippen molar-refractivity contribution < 1.29 is 14.3 Å². The van der Waals surface area contributed by atoms with Crippen LogP contribution in [0.3, 0.4) is 0 Å². The van der Waals surface area contributed by atoms with Crippen LogP contribution in [0.4, 0.5) is 0 Å². The van der Waals surface area contributed by atoms with Gasteiger partial charge in [0.25, 0.3) is 0 Å². The zero-order chi connectivity index (χ0) is 11.0. The highest BCUT2D eigenvalue weighted by atomic mass is 16.4. The minimum Gasteiger partial charge on any atom is -0.475 e. The van der Waals surface area contributed by atoms with E-state index in [1.54, 1.807) is 24.3 Å². The van der Waals surface area contributed by atoms with E-state index in [0.717, 1.165) is 0 Å². The molecule has 0 aliphatic heterocycles. The highest BCUT2D eigenvalue weighted by molar-refractivity contribution is 5.89. The van der Waals surface area contributed by atoms with Crippen LogP contribution in [0.1, 0.15) is 16.1 Å². The number of carbonyl (C=O) groups is 1. The Balaban J connectivity index is 2.95. The summed E-state index contributed by atoms with van der Waals surface area (Å²) in [6.45, 7) is 1.45. The van der Waals surface area contributed by atoms with E-state index in [4.69, 9.17) is 9.52 Å². The van der Waals surface area contributed by atoms with Gasteiger partial charge in [0.15, 0.2) is 5.43 Å². The third-order valence-corrected chi connectivity index (χ3v) is 2.22. The lowest BCUT2D eigenvalue weighted by atomic mass is 10.1. The Morgan fingerprint density at radius 3 is 2.67 bits per heavy atom. The molecule has 4 nitrogen and oxygen atoms in total. The summed E-state index contributed by atoms with van der Waals surface area (Å²) in [7, 11) is 0. The molecular formula is C11H8O4. The van der Waals surface area contributed by atoms with Crippen LogP contribution in [0.25, 0.3) is 11.0 Å². The van der Waals surface area contributed by atoms with Gasteiger partial charge >= 0.3 is 5.97 Å². The number of rotatable bonds is 1. The molecule has 1 N–H and O–H groups in total. The van der Waals surface area contributed by atoms with E-state index in [0.29, 0.717) is 11.0 Å². The average molecular weight is 204 g/mol. The molecule has 4 heteroatoms. The van der Waals surface area contributed by atoms with Gasteiger partial charge in [0, 0.05) is 5.56 Å². The first-order valence-electron chi connectivity index (χ1n) is 4.37. The molecule has 0 bridgehead atoms. The number of aromatic carboxylic acids is 1. The van der Waals surface area contributed by atoms with Crippen molar-refractivity contribution in [2.24, 2.45) is 0 Å². The average Bonchev–Trinajstić information content (AvgIpc) is 2.23. The summed E-state index contributed by atoms with van der Waals surface area (Å²) in [4.78, 5) is 22.5. The minimum atomic E-state index is -1.23. The predicted octanol–water partition coefficient (Wildman–Crippen LogP) is 1.80. The van der Waals surface area contributed by atoms with Gasteiger partial charge in [-0.15, -0.1) is 0 Å². The summed E-state index contributed by atoms with van der Waals surface area (Å²) < 4.78 is 5.14. The summed E-state index contributed by atoms with van der Waals surface area (Å²) in [5, 5.41) is 9.22. The molecule has 0 amide bonds. The van der Waals surface area contributed by atoms with Crippen LogP contribution in [-0.2, 0) is 0 Å². The standard InChI is InChI=1S/C11H8O4/c1-6-9(12)7-4-2-3-5-8(7)15-10(6)11(13)14/h2-5H,1H3,(H,13,14). The number of hydrogen-bond acceptors (Lipinski definition) is 3. The van der Waals surface area contributed by atoms with E-state index in [1.165, 1.54) is 6.92 Å². The van der Waals surface area contributed by atoms with Gasteiger partial charge < -0.3 is 9.52 Å². The van der Waals surface area contributed by atoms with Crippen LogP contribution < -0.4 is 5.43 Å². The van der Waals surface area contributed by atoms with Crippen molar-refractivity contribution in [3.63, 3.8) is 0 Å². The van der Waals surface area contributed by atoms with Crippen molar-refractivity contribution in [1.82, 2.24) is 0 Å². The predicted molar refractivity (Wildman–Crippen MR) is 54.2 cm³/mol. The number of para-hydroxylation sites is 1. The number of hydrogen-bond donors (Lipinski definition) is 1. The molecular weight excluding hydrogens is 196 g/mol. The highest BCUT2D eigenvalue weighted by Gasteiger charge is 2.15. The molecule has 2 aromatic rings. The summed E-state index contributed by atoms with van der Waals surface area (Å²) in [6.07, 6.45) is 0. The number of carboxylic acid groups (broad SMARTS) is 1. The Labute approximate surface area is 84.8 Å². The molecule has 0 unspecified atom stereocenters. The first-order valence-corrected chi connectivity index (χ1v) is 4.37. The lowest BCUT2D eigenvalue weighted by Gasteiger charge is -2.01. The fourth-order valence-electron chi connectivity index (χ4n) is 1.44. The fraction of sp³-hybridized carbons (Fsp3) is 0.0909. The molecule has 1 aromatic carbocycles. The van der Waals surface area contributed by atoms with E-state index in [9.17, 15) is 9.59 Å². The van der Waals surface area contributed by atoms with Gasteiger partial charge in [0.2, 0.25) is 5.76 Å². The van der Waals surface area contributed by atoms with Crippen LogP contribution in [0.15, 0.2) is 33.5 Å². The third kappa shape index (κ3) is 1.40. The topological polar surface area (TPSA) is 67.5 Å². The van der Waals surface area contributed by atoms with Crippen molar-refractivity contribution in [2.75, 3.05) is 0 Å². The number of benzene rings is 1. The molecule has 15 heavy (non-hydrogen) atoms. The Morgan fingerprint density at radius 1 is 1.33 bits per heavy atom. The molecule has 0 aliphatic carbocycles. The number of carboxylic acids is 1. The van der Waals surface area contributed by atoms with E-state index in [2.05, 4.69) is 0 Å². The van der Waals surface area contributed by atoms with Crippen LogP contribution >= 0.6 is 0 Å². The summed E-state index contributed by atoms with van der Waals surface area (Å²) in [5.74, 6) is -1.52. The SMILES string of the molecule is Cc1c(C(=O)O)oc2ccccc2c1=O. The zero-order valence-electron chi connectivity index (χ0n) is 7.98. The Kier molecular flexibility index (Phi) is 2.04. The smallest absolute Gasteiger partial charge is 0.372 e. The molecule has 76 valence electrons. The highest BCUT2D eigenvalue weighted by Crippen LogP contribution is 2.14. The number of fused-ring (bicyclic) bond motifs is 1. The zero-order valence-corrected chi connectivity index (χ0v) is 7.98. The van der Waals surface area contributed by atoms with Gasteiger partial charge in [-0.25, -0.2) is 4.79 Å². The van der Waals surface area contributed by atoms with Gasteiger partial charge in [-0.3, -0.25) is 4.79 Å². The largest absolute Gasteiger partial charge is 0.475 e. The molecule has 2 rings (SSSR count). The van der Waals surface area contributed by atoms with Gasteiger partial charge in [-0.1, -0.05) is 12.1 Å². The maximum atomic E-state index is 11.7. The molecule has 1 heterocycles. The third-order valence-electron chi connectivity index (χ3n) is 2.22. The first-order chi connectivity index (χ1) is 7.11. The quantitative estimate of drug-likeness (QED) is 0.769. The van der Waals surface area contributed by atoms with Gasteiger partial charge in [0.05, 0.1) is 5.39 Å². The van der Waals surface area contributed by atoms with E-state index >= 15 is 0 Å². The van der Waals surface area contributed by atoms with Crippen LogP contribution in [0.5, 0.6) is 0 Å². The first kappa shape index (κ1) is 9.45. The molecule has 1 aromatic heterocycles. The second-order valence-corrected chi connectivity index (χ2v) is 3.19. The van der Waals surface area contributed by atoms with Gasteiger partial charge in [0.1, 0.15) is 5.58 Å². The molecule has 0 saturated carbocycles. The van der Waals surface area contributed by atoms with E-state index in [-0.39, 0.29) is 16.8 Å². The summed E-state index contributed by atoms with van der Waals surface area (Å²) >= 11 is 0. The lowest BCUT2D eigenvalue weighted by molar-refractivity contribution is 0.0661. The maximum Gasteiger partial charge on any atom is 0.372 e. The van der Waals surface area contributed by atoms with Crippen LogP contribution in [0.2, 0.25) is 0 Å². The molecule has 0 fully saturated rings. The van der Waals surface area contributed by atoms with Crippen LogP contribution in [-0.4, -0.2) is 11.1 Å². The lowest BCUT2D eigenvalue weighted by Crippen LogP contribution is -2.12. The Morgan fingerprint density at radius 2 is 2.00 bits per heavy atom. The van der Waals surface area contributed by atoms with Crippen molar-refractivity contribution in [3.8, 4) is 0 Å². The fourth-order valence-corrected chi connectivity index (χ4v) is 1.44. The van der Waals surface area contributed by atoms with Crippen molar-refractivity contribution >= 4 is 16.9 Å².